The van der Waals surface area contributed by atoms with Crippen LogP contribution >= 0.6 is 0 Å². The Bertz CT molecular complexity index is 804. The molecule has 0 aliphatic carbocycles. The third-order valence-electron chi connectivity index (χ3n) is 3.99. The van der Waals surface area contributed by atoms with Crippen molar-refractivity contribution in [2.45, 2.75) is 38.6 Å². The van der Waals surface area contributed by atoms with Gasteiger partial charge in [-0.2, -0.15) is 0 Å². The molecule has 6 heteroatoms. The van der Waals surface area contributed by atoms with Crippen LogP contribution in [0.5, 0.6) is 11.5 Å². The van der Waals surface area contributed by atoms with E-state index < -0.39 is 17.8 Å². The zero-order chi connectivity index (χ0) is 16.2. The zero-order valence-corrected chi connectivity index (χ0v) is 12.8. The number of fused-ring (bicyclic) bond motifs is 3. The number of rotatable bonds is 1. The molecule has 1 aliphatic rings. The topological polar surface area (TPSA) is 89.1 Å². The first-order valence-electron chi connectivity index (χ1n) is 6.96. The summed E-state index contributed by atoms with van der Waals surface area (Å²) < 4.78 is 16.7. The molecule has 6 nitrogen and oxygen atoms in total. The minimum atomic E-state index is -1.22. The normalized spacial score (nSPS) is 23.0. The number of benzene rings is 1. The Labute approximate surface area is 126 Å². The molecule has 0 unspecified atom stereocenters. The number of aryl methyl sites for hydroxylation is 1. The Balaban J connectivity index is 2.44. The average Bonchev–Trinajstić information content (AvgIpc) is 2.42. The number of hydrogen-bond acceptors (Lipinski definition) is 6. The second-order valence-electron chi connectivity index (χ2n) is 6.01. The van der Waals surface area contributed by atoms with E-state index in [2.05, 4.69) is 0 Å². The van der Waals surface area contributed by atoms with Crippen LogP contribution in [0, 0.1) is 6.92 Å². The first-order chi connectivity index (χ1) is 10.3. The lowest BCUT2D eigenvalue weighted by Crippen LogP contribution is -2.48. The van der Waals surface area contributed by atoms with Gasteiger partial charge in [-0.15, -0.1) is 0 Å². The van der Waals surface area contributed by atoms with Crippen LogP contribution < -0.4 is 14.9 Å². The lowest BCUT2D eigenvalue weighted by Gasteiger charge is -2.40. The SMILES string of the molecule is COc1cc2c(c3oc(C)cc(=O)c13)[C@H](O)[C@@H](O)C(C)(C)O2. The highest BCUT2D eigenvalue weighted by Gasteiger charge is 2.44. The maximum Gasteiger partial charge on any atom is 0.196 e. The molecule has 1 aliphatic heterocycles. The van der Waals surface area contributed by atoms with Crippen LogP contribution in [0.2, 0.25) is 0 Å². The minimum absolute atomic E-state index is 0.182. The third-order valence-corrected chi connectivity index (χ3v) is 3.99. The van der Waals surface area contributed by atoms with Crippen LogP contribution in [0.15, 0.2) is 21.3 Å². The molecule has 1 aromatic carbocycles. The molecule has 0 saturated heterocycles. The van der Waals surface area contributed by atoms with Crippen molar-refractivity contribution >= 4 is 11.0 Å². The summed E-state index contributed by atoms with van der Waals surface area (Å²) >= 11 is 0. The highest BCUT2D eigenvalue weighted by atomic mass is 16.5. The average molecular weight is 306 g/mol. The second-order valence-corrected chi connectivity index (χ2v) is 6.01. The van der Waals surface area contributed by atoms with E-state index >= 15 is 0 Å². The number of aliphatic hydroxyl groups excluding tert-OH is 2. The summed E-state index contributed by atoms with van der Waals surface area (Å²) in [6.07, 6.45) is -2.38. The van der Waals surface area contributed by atoms with Gasteiger partial charge in [0.2, 0.25) is 0 Å². The van der Waals surface area contributed by atoms with Crippen molar-refractivity contribution in [2.75, 3.05) is 7.11 Å². The smallest absolute Gasteiger partial charge is 0.196 e. The minimum Gasteiger partial charge on any atom is -0.496 e. The summed E-state index contributed by atoms with van der Waals surface area (Å²) in [5.74, 6) is 1.04. The maximum atomic E-state index is 12.3. The molecule has 2 heterocycles. The molecule has 22 heavy (non-hydrogen) atoms. The number of ether oxygens (including phenoxy) is 2. The van der Waals surface area contributed by atoms with E-state index in [0.717, 1.165) is 0 Å². The lowest BCUT2D eigenvalue weighted by molar-refractivity contribution is -0.111. The monoisotopic (exact) mass is 306 g/mol. The highest BCUT2D eigenvalue weighted by Crippen LogP contribution is 2.45. The molecule has 2 aromatic rings. The number of methoxy groups -OCH3 is 1. The standard InChI is InChI=1S/C16H18O6/c1-7-5-8(17)11-9(20-4)6-10-12(14(11)21-7)13(18)15(19)16(2,3)22-10/h5-6,13,15,18-19H,1-4H3/t13-,15+/m0/s1. The van der Waals surface area contributed by atoms with Crippen LogP contribution in [-0.4, -0.2) is 29.0 Å². The van der Waals surface area contributed by atoms with Gasteiger partial charge in [0.05, 0.1) is 12.7 Å². The molecule has 2 N–H and O–H groups in total. The van der Waals surface area contributed by atoms with Crippen molar-refractivity contribution < 1.29 is 24.1 Å². The van der Waals surface area contributed by atoms with Crippen molar-refractivity contribution in [3.8, 4) is 11.5 Å². The van der Waals surface area contributed by atoms with Gasteiger partial charge in [-0.3, -0.25) is 4.79 Å². The largest absolute Gasteiger partial charge is 0.496 e. The fraction of sp³-hybridized carbons (Fsp3) is 0.438. The molecule has 2 atom stereocenters. The van der Waals surface area contributed by atoms with Crippen LogP contribution in [0.1, 0.15) is 31.3 Å². The maximum absolute atomic E-state index is 12.3. The van der Waals surface area contributed by atoms with Crippen LogP contribution in [0.3, 0.4) is 0 Å². The van der Waals surface area contributed by atoms with Crippen LogP contribution in [0.4, 0.5) is 0 Å². The summed E-state index contributed by atoms with van der Waals surface area (Å²) in [5.41, 5.74) is -0.801. The molecule has 0 spiro atoms. The Kier molecular flexibility index (Phi) is 3.19. The summed E-state index contributed by atoms with van der Waals surface area (Å²) in [6.45, 7) is 4.99. The van der Waals surface area contributed by atoms with Crippen molar-refractivity contribution in [3.05, 3.63) is 33.7 Å². The van der Waals surface area contributed by atoms with Gasteiger partial charge in [-0.05, 0) is 20.8 Å². The fourth-order valence-corrected chi connectivity index (χ4v) is 2.82. The number of aliphatic hydroxyl groups is 2. The molecule has 0 bridgehead atoms. The Hall–Kier alpha value is -2.05. The Morgan fingerprint density at radius 3 is 2.59 bits per heavy atom. The van der Waals surface area contributed by atoms with Crippen LogP contribution in [0.25, 0.3) is 11.0 Å². The third kappa shape index (κ3) is 1.99. The number of hydrogen-bond donors (Lipinski definition) is 2. The molecule has 0 fully saturated rings. The Morgan fingerprint density at radius 1 is 1.27 bits per heavy atom. The Morgan fingerprint density at radius 2 is 1.95 bits per heavy atom. The van der Waals surface area contributed by atoms with Gasteiger partial charge in [0.1, 0.15) is 40.5 Å². The first kappa shape index (κ1) is 14.9. The van der Waals surface area contributed by atoms with E-state index in [-0.39, 0.29) is 22.0 Å². The molecule has 1 aromatic heterocycles. The molecular weight excluding hydrogens is 288 g/mol. The van der Waals surface area contributed by atoms with Gasteiger partial charge >= 0.3 is 0 Å². The van der Waals surface area contributed by atoms with Crippen molar-refractivity contribution in [2.24, 2.45) is 0 Å². The van der Waals surface area contributed by atoms with Crippen molar-refractivity contribution in [1.29, 1.82) is 0 Å². The first-order valence-corrected chi connectivity index (χ1v) is 6.96. The summed E-state index contributed by atoms with van der Waals surface area (Å²) in [5, 5.41) is 21.0. The molecule has 0 amide bonds. The van der Waals surface area contributed by atoms with E-state index in [1.54, 1.807) is 26.8 Å². The molecule has 0 saturated carbocycles. The van der Waals surface area contributed by atoms with E-state index in [1.165, 1.54) is 13.2 Å². The quantitative estimate of drug-likeness (QED) is 0.833. The predicted octanol–water partition coefficient (Wildman–Crippen LogP) is 1.68. The summed E-state index contributed by atoms with van der Waals surface area (Å²) in [7, 11) is 1.44. The molecular formula is C16H18O6. The summed E-state index contributed by atoms with van der Waals surface area (Å²) in [6, 6.07) is 2.90. The summed E-state index contributed by atoms with van der Waals surface area (Å²) in [4.78, 5) is 12.3. The van der Waals surface area contributed by atoms with Gasteiger partial charge < -0.3 is 24.1 Å². The van der Waals surface area contributed by atoms with E-state index in [0.29, 0.717) is 17.3 Å². The molecule has 3 rings (SSSR count). The van der Waals surface area contributed by atoms with Crippen molar-refractivity contribution in [3.63, 3.8) is 0 Å². The van der Waals surface area contributed by atoms with Gasteiger partial charge in [0.25, 0.3) is 0 Å². The highest BCUT2D eigenvalue weighted by molar-refractivity contribution is 5.89. The van der Waals surface area contributed by atoms with Gasteiger partial charge in [0.15, 0.2) is 11.0 Å². The predicted molar refractivity (Wildman–Crippen MR) is 79.4 cm³/mol. The lowest BCUT2D eigenvalue weighted by atomic mass is 9.87. The van der Waals surface area contributed by atoms with E-state index in [1.807, 2.05) is 0 Å². The fourth-order valence-electron chi connectivity index (χ4n) is 2.82. The molecule has 118 valence electrons. The van der Waals surface area contributed by atoms with Gasteiger partial charge in [0, 0.05) is 12.1 Å². The van der Waals surface area contributed by atoms with Crippen molar-refractivity contribution in [1.82, 2.24) is 0 Å². The van der Waals surface area contributed by atoms with E-state index in [4.69, 9.17) is 13.9 Å². The van der Waals surface area contributed by atoms with Gasteiger partial charge in [-0.1, -0.05) is 0 Å². The van der Waals surface area contributed by atoms with Crippen LogP contribution in [-0.2, 0) is 0 Å². The van der Waals surface area contributed by atoms with Gasteiger partial charge in [-0.25, -0.2) is 0 Å². The second kappa shape index (κ2) is 4.72. The zero-order valence-electron chi connectivity index (χ0n) is 12.8. The molecule has 0 radical (unpaired) electrons. The van der Waals surface area contributed by atoms with E-state index in [9.17, 15) is 15.0 Å².